The zero-order valence-corrected chi connectivity index (χ0v) is 9.37. The van der Waals surface area contributed by atoms with Crippen molar-refractivity contribution in [2.24, 2.45) is 0 Å². The van der Waals surface area contributed by atoms with E-state index in [1.54, 1.807) is 18.2 Å². The molecule has 0 aliphatic carbocycles. The molecule has 84 valence electrons. The summed E-state index contributed by atoms with van der Waals surface area (Å²) in [5, 5.41) is 0. The Morgan fingerprint density at radius 3 is 2.40 bits per heavy atom. The quantitative estimate of drug-likeness (QED) is 0.548. The monoisotopic (exact) mass is 230 g/mol. The number of hydrogen-bond acceptors (Lipinski definition) is 4. The van der Waals surface area contributed by atoms with Gasteiger partial charge in [-0.3, -0.25) is 4.18 Å². The highest BCUT2D eigenvalue weighted by Gasteiger charge is 2.13. The van der Waals surface area contributed by atoms with Gasteiger partial charge in [0.1, 0.15) is 0 Å². The molecule has 0 amide bonds. The molecule has 1 rings (SSSR count). The maximum absolute atomic E-state index is 11.5. The van der Waals surface area contributed by atoms with Gasteiger partial charge in [-0.25, -0.2) is 0 Å². The van der Waals surface area contributed by atoms with Crippen LogP contribution < -0.4 is 0 Å². The first kappa shape index (κ1) is 12.2. The van der Waals surface area contributed by atoms with Crippen molar-refractivity contribution in [1.29, 1.82) is 0 Å². The van der Waals surface area contributed by atoms with E-state index in [4.69, 9.17) is 8.92 Å². The Balaban J connectivity index is 2.53. The van der Waals surface area contributed by atoms with Crippen molar-refractivity contribution in [1.82, 2.24) is 0 Å². The van der Waals surface area contributed by atoms with Crippen molar-refractivity contribution in [3.05, 3.63) is 30.3 Å². The van der Waals surface area contributed by atoms with E-state index in [0.717, 1.165) is 0 Å². The van der Waals surface area contributed by atoms with Crippen molar-refractivity contribution < 1.29 is 17.3 Å². The van der Waals surface area contributed by atoms with E-state index < -0.39 is 10.1 Å². The molecule has 0 atom stereocenters. The van der Waals surface area contributed by atoms with Gasteiger partial charge in [-0.05, 0) is 19.1 Å². The van der Waals surface area contributed by atoms with Gasteiger partial charge in [0.15, 0.2) is 0 Å². The van der Waals surface area contributed by atoms with E-state index >= 15 is 0 Å². The van der Waals surface area contributed by atoms with Crippen LogP contribution in [0.5, 0.6) is 0 Å². The van der Waals surface area contributed by atoms with Crippen LogP contribution in [0.2, 0.25) is 0 Å². The van der Waals surface area contributed by atoms with Gasteiger partial charge in [0, 0.05) is 6.61 Å². The molecule has 0 saturated heterocycles. The fraction of sp³-hybridized carbons (Fsp3) is 0.400. The maximum atomic E-state index is 11.5. The van der Waals surface area contributed by atoms with E-state index in [2.05, 4.69) is 0 Å². The Kier molecular flexibility index (Phi) is 4.74. The molecule has 0 bridgehead atoms. The second kappa shape index (κ2) is 5.85. The Hall–Kier alpha value is -0.910. The number of ether oxygens (including phenoxy) is 1. The van der Waals surface area contributed by atoms with Crippen LogP contribution in [0.25, 0.3) is 0 Å². The minimum Gasteiger partial charge on any atom is -0.379 e. The second-order valence-corrected chi connectivity index (χ2v) is 4.40. The lowest BCUT2D eigenvalue weighted by molar-refractivity contribution is 0.112. The van der Waals surface area contributed by atoms with Crippen molar-refractivity contribution in [2.45, 2.75) is 11.8 Å². The fourth-order valence-corrected chi connectivity index (χ4v) is 1.92. The molecular weight excluding hydrogens is 216 g/mol. The van der Waals surface area contributed by atoms with Crippen molar-refractivity contribution in [3.63, 3.8) is 0 Å². The Morgan fingerprint density at radius 2 is 1.80 bits per heavy atom. The molecule has 0 unspecified atom stereocenters. The predicted octanol–water partition coefficient (Wildman–Crippen LogP) is 1.43. The summed E-state index contributed by atoms with van der Waals surface area (Å²) >= 11 is 0. The number of rotatable bonds is 6. The summed E-state index contributed by atoms with van der Waals surface area (Å²) in [5.74, 6) is 0. The maximum Gasteiger partial charge on any atom is 0.297 e. The summed E-state index contributed by atoms with van der Waals surface area (Å²) in [4.78, 5) is 0.168. The molecule has 0 aliphatic heterocycles. The van der Waals surface area contributed by atoms with Gasteiger partial charge < -0.3 is 4.74 Å². The SMILES string of the molecule is CCOCCOS(=O)(=O)c1ccccc1. The van der Waals surface area contributed by atoms with Gasteiger partial charge in [0.25, 0.3) is 10.1 Å². The van der Waals surface area contributed by atoms with Gasteiger partial charge in [0.05, 0.1) is 18.1 Å². The van der Waals surface area contributed by atoms with Crippen LogP contribution in [0, 0.1) is 0 Å². The molecule has 0 aliphatic rings. The van der Waals surface area contributed by atoms with Crippen LogP contribution in [0.4, 0.5) is 0 Å². The molecular formula is C10H14O4S. The van der Waals surface area contributed by atoms with Crippen LogP contribution in [0.3, 0.4) is 0 Å². The summed E-state index contributed by atoms with van der Waals surface area (Å²) in [7, 11) is -3.62. The zero-order valence-electron chi connectivity index (χ0n) is 8.55. The third-order valence-electron chi connectivity index (χ3n) is 1.70. The van der Waals surface area contributed by atoms with Crippen molar-refractivity contribution >= 4 is 10.1 Å². The van der Waals surface area contributed by atoms with Crippen LogP contribution in [0.1, 0.15) is 6.92 Å². The molecule has 0 aromatic heterocycles. The largest absolute Gasteiger partial charge is 0.379 e. The number of hydrogen-bond donors (Lipinski definition) is 0. The number of benzene rings is 1. The fourth-order valence-electron chi connectivity index (χ4n) is 1.00. The zero-order chi connectivity index (χ0) is 11.1. The smallest absolute Gasteiger partial charge is 0.297 e. The first-order valence-electron chi connectivity index (χ1n) is 4.69. The lowest BCUT2D eigenvalue weighted by Gasteiger charge is -2.05. The van der Waals surface area contributed by atoms with E-state index in [1.807, 2.05) is 6.92 Å². The first-order valence-corrected chi connectivity index (χ1v) is 6.10. The highest BCUT2D eigenvalue weighted by atomic mass is 32.2. The first-order chi connectivity index (χ1) is 7.17. The Morgan fingerprint density at radius 1 is 1.13 bits per heavy atom. The summed E-state index contributed by atoms with van der Waals surface area (Å²) in [5.41, 5.74) is 0. The van der Waals surface area contributed by atoms with Gasteiger partial charge in [-0.1, -0.05) is 18.2 Å². The molecule has 0 N–H and O–H groups in total. The molecule has 0 radical (unpaired) electrons. The highest BCUT2D eigenvalue weighted by molar-refractivity contribution is 7.86. The summed E-state index contributed by atoms with van der Waals surface area (Å²) in [6.07, 6.45) is 0. The van der Waals surface area contributed by atoms with Crippen LogP contribution in [-0.2, 0) is 19.0 Å². The molecule has 0 heterocycles. The van der Waals surface area contributed by atoms with E-state index in [9.17, 15) is 8.42 Å². The lowest BCUT2D eigenvalue weighted by Crippen LogP contribution is -2.11. The topological polar surface area (TPSA) is 52.6 Å². The Labute approximate surface area is 90.0 Å². The standard InChI is InChI=1S/C10H14O4S/c1-2-13-8-9-14-15(11,12)10-6-4-3-5-7-10/h3-7H,2,8-9H2,1H3. The molecule has 0 fully saturated rings. The third kappa shape index (κ3) is 3.99. The normalized spacial score (nSPS) is 11.5. The summed E-state index contributed by atoms with van der Waals surface area (Å²) in [6.45, 7) is 2.72. The molecule has 0 saturated carbocycles. The van der Waals surface area contributed by atoms with Crippen molar-refractivity contribution in [3.8, 4) is 0 Å². The van der Waals surface area contributed by atoms with Gasteiger partial charge >= 0.3 is 0 Å². The minimum absolute atomic E-state index is 0.0467. The lowest BCUT2D eigenvalue weighted by atomic mass is 10.4. The average Bonchev–Trinajstić information content (AvgIpc) is 2.26. The van der Waals surface area contributed by atoms with E-state index in [1.165, 1.54) is 12.1 Å². The van der Waals surface area contributed by atoms with Crippen LogP contribution >= 0.6 is 0 Å². The molecule has 4 nitrogen and oxygen atoms in total. The van der Waals surface area contributed by atoms with Crippen LogP contribution in [0.15, 0.2) is 35.2 Å². The summed E-state index contributed by atoms with van der Waals surface area (Å²) < 4.78 is 32.8. The summed E-state index contributed by atoms with van der Waals surface area (Å²) in [6, 6.07) is 8.04. The predicted molar refractivity (Wildman–Crippen MR) is 56.1 cm³/mol. The second-order valence-electron chi connectivity index (χ2n) is 2.79. The molecule has 5 heteroatoms. The van der Waals surface area contributed by atoms with E-state index in [0.29, 0.717) is 6.61 Å². The highest BCUT2D eigenvalue weighted by Crippen LogP contribution is 2.10. The average molecular weight is 230 g/mol. The third-order valence-corrected chi connectivity index (χ3v) is 3.03. The van der Waals surface area contributed by atoms with Crippen molar-refractivity contribution in [2.75, 3.05) is 19.8 Å². The van der Waals surface area contributed by atoms with Crippen LogP contribution in [-0.4, -0.2) is 28.2 Å². The Bertz CT molecular complexity index is 372. The van der Waals surface area contributed by atoms with Gasteiger partial charge in [-0.2, -0.15) is 8.42 Å². The molecule has 0 spiro atoms. The molecule has 1 aromatic rings. The molecule has 15 heavy (non-hydrogen) atoms. The van der Waals surface area contributed by atoms with Gasteiger partial charge in [-0.15, -0.1) is 0 Å². The van der Waals surface area contributed by atoms with E-state index in [-0.39, 0.29) is 18.1 Å². The van der Waals surface area contributed by atoms with Gasteiger partial charge in [0.2, 0.25) is 0 Å². The minimum atomic E-state index is -3.62. The molecule has 1 aromatic carbocycles.